The lowest BCUT2D eigenvalue weighted by Crippen LogP contribution is -2.61. The van der Waals surface area contributed by atoms with Crippen molar-refractivity contribution in [2.45, 2.75) is 135 Å². The van der Waals surface area contributed by atoms with Crippen molar-refractivity contribution in [1.82, 2.24) is 35.7 Å². The van der Waals surface area contributed by atoms with E-state index in [2.05, 4.69) is 38.4 Å². The zero-order chi connectivity index (χ0) is 48.2. The van der Waals surface area contributed by atoms with E-state index in [0.717, 1.165) is 44.9 Å². The van der Waals surface area contributed by atoms with Gasteiger partial charge in [0.05, 0.1) is 19.1 Å². The van der Waals surface area contributed by atoms with E-state index in [9.17, 15) is 48.2 Å². The lowest BCUT2D eigenvalue weighted by molar-refractivity contribution is -0.138. The van der Waals surface area contributed by atoms with Crippen molar-refractivity contribution in [3.8, 4) is 0 Å². The standard InChI is InChI=1S/C47H69N8O10P/c1-32(2)25-38(51-47(62)41-22-16-24-55(41)33(3)57)44(59)50-39(27-37-28-49-31-54(37)23-15-7-5-4-6-10-17-34-18-11-8-12-19-34)45(60)52-40(29-56)46(61)53-42(43(48)58)36(30-66(63,64)65)26-35-20-13-9-14-21-35/h8-9,11-14,18-21,28,31-32,36,38-42,56H,4-7,10,15-17,22-27,29-30H2,1-3H3,(H2,48,58)(H,50,59)(H,51,62)(H,52,60)(H,53,61)(H2,63,64,65)/t36?,38?,39?,40?,41-,42?/m0/s1. The Hall–Kier alpha value is -5.42. The second-order valence-corrected chi connectivity index (χ2v) is 19.4. The molecule has 5 unspecified atom stereocenters. The Morgan fingerprint density at radius 1 is 0.788 bits per heavy atom. The first-order valence-electron chi connectivity index (χ1n) is 23.0. The van der Waals surface area contributed by atoms with E-state index in [-0.39, 0.29) is 31.1 Å². The van der Waals surface area contributed by atoms with E-state index < -0.39 is 86.0 Å². The fourth-order valence-corrected chi connectivity index (χ4v) is 9.36. The van der Waals surface area contributed by atoms with Gasteiger partial charge in [-0.2, -0.15) is 0 Å². The number of unbranched alkanes of at least 4 members (excludes halogenated alkanes) is 5. The predicted octanol–water partition coefficient (Wildman–Crippen LogP) is 2.52. The van der Waals surface area contributed by atoms with Crippen molar-refractivity contribution in [3.05, 3.63) is 90.0 Å². The molecule has 66 heavy (non-hydrogen) atoms. The van der Waals surface area contributed by atoms with E-state index in [1.54, 1.807) is 42.9 Å². The number of nitrogens with two attached hydrogens (primary N) is 1. The molecule has 0 saturated carbocycles. The number of aliphatic hydroxyl groups excluding tert-OH is 1. The van der Waals surface area contributed by atoms with Crippen LogP contribution in [0.4, 0.5) is 0 Å². The number of aryl methyl sites for hydroxylation is 2. The van der Waals surface area contributed by atoms with Crippen molar-refractivity contribution in [3.63, 3.8) is 0 Å². The second-order valence-electron chi connectivity index (χ2n) is 17.7. The molecule has 19 heteroatoms. The minimum absolute atomic E-state index is 0.0475. The van der Waals surface area contributed by atoms with Gasteiger partial charge in [-0.25, -0.2) is 4.98 Å². The molecule has 1 aliphatic heterocycles. The van der Waals surface area contributed by atoms with E-state index in [4.69, 9.17) is 5.73 Å². The van der Waals surface area contributed by atoms with Gasteiger partial charge in [-0.05, 0) is 62.0 Å². The summed E-state index contributed by atoms with van der Waals surface area (Å²) in [5.41, 5.74) is 8.21. The zero-order valence-electron chi connectivity index (χ0n) is 38.3. The zero-order valence-corrected chi connectivity index (χ0v) is 39.2. The van der Waals surface area contributed by atoms with Crippen LogP contribution in [0.25, 0.3) is 0 Å². The van der Waals surface area contributed by atoms with Crippen LogP contribution in [-0.2, 0) is 59.1 Å². The van der Waals surface area contributed by atoms with Crippen LogP contribution in [0.2, 0.25) is 0 Å². The number of aromatic nitrogens is 2. The van der Waals surface area contributed by atoms with Crippen molar-refractivity contribution >= 4 is 43.0 Å². The quantitative estimate of drug-likeness (QED) is 0.0387. The third-order valence-corrected chi connectivity index (χ3v) is 12.8. The molecule has 362 valence electrons. The molecule has 0 radical (unpaired) electrons. The van der Waals surface area contributed by atoms with Gasteiger partial charge in [0.25, 0.3) is 0 Å². The highest BCUT2D eigenvalue weighted by atomic mass is 31.2. The number of nitrogens with one attached hydrogen (secondary N) is 4. The van der Waals surface area contributed by atoms with Gasteiger partial charge in [0.15, 0.2) is 0 Å². The number of likely N-dealkylation sites (tertiary alicyclic amines) is 1. The Labute approximate surface area is 387 Å². The summed E-state index contributed by atoms with van der Waals surface area (Å²) in [6.45, 7) is 5.14. The molecule has 2 heterocycles. The SMILES string of the molecule is CC(=O)N1CCC[C@H]1C(=O)NC(CC(C)C)C(=O)NC(Cc1cncn1CCCCCCCCc1ccccc1)C(=O)NC(CO)C(=O)NC(C(N)=O)C(Cc1ccccc1)CP(=O)(O)O. The minimum Gasteiger partial charge on any atom is -0.394 e. The molecule has 18 nitrogen and oxygen atoms in total. The van der Waals surface area contributed by atoms with E-state index in [1.165, 1.54) is 17.4 Å². The third kappa shape index (κ3) is 17.8. The highest BCUT2D eigenvalue weighted by Gasteiger charge is 2.38. The summed E-state index contributed by atoms with van der Waals surface area (Å²) in [6.07, 6.45) is 10.7. The first-order chi connectivity index (χ1) is 31.4. The number of carbonyl (C=O) groups is 6. The predicted molar refractivity (Wildman–Crippen MR) is 248 cm³/mol. The van der Waals surface area contributed by atoms with Gasteiger partial charge >= 0.3 is 7.60 Å². The second kappa shape index (κ2) is 26.7. The lowest BCUT2D eigenvalue weighted by Gasteiger charge is -2.29. The average molecular weight is 937 g/mol. The number of rotatable bonds is 28. The highest BCUT2D eigenvalue weighted by Crippen LogP contribution is 2.39. The molecule has 6 atom stereocenters. The van der Waals surface area contributed by atoms with Crippen LogP contribution in [0.5, 0.6) is 0 Å². The Morgan fingerprint density at radius 3 is 1.98 bits per heavy atom. The minimum atomic E-state index is -4.74. The van der Waals surface area contributed by atoms with E-state index in [0.29, 0.717) is 37.2 Å². The summed E-state index contributed by atoms with van der Waals surface area (Å²) in [4.78, 5) is 106. The fourth-order valence-electron chi connectivity index (χ4n) is 8.41. The summed E-state index contributed by atoms with van der Waals surface area (Å²) in [7, 11) is -4.74. The van der Waals surface area contributed by atoms with Crippen LogP contribution in [-0.4, -0.2) is 114 Å². The summed E-state index contributed by atoms with van der Waals surface area (Å²) < 4.78 is 14.1. The average Bonchev–Trinajstić information content (AvgIpc) is 3.95. The van der Waals surface area contributed by atoms with Crippen molar-refractivity contribution < 1.29 is 48.2 Å². The number of primary amides is 1. The molecule has 0 aliphatic carbocycles. The molecule has 0 spiro atoms. The number of carbonyl (C=O) groups excluding carboxylic acids is 6. The van der Waals surface area contributed by atoms with E-state index in [1.807, 2.05) is 36.6 Å². The van der Waals surface area contributed by atoms with Crippen molar-refractivity contribution in [2.24, 2.45) is 17.6 Å². The third-order valence-electron chi connectivity index (χ3n) is 11.8. The molecule has 9 N–H and O–H groups in total. The van der Waals surface area contributed by atoms with Gasteiger partial charge in [0.2, 0.25) is 35.4 Å². The van der Waals surface area contributed by atoms with Gasteiger partial charge in [0, 0.05) is 44.2 Å². The molecule has 6 amide bonds. The number of hydrogen-bond donors (Lipinski definition) is 8. The van der Waals surface area contributed by atoms with Crippen LogP contribution in [0.15, 0.2) is 73.2 Å². The van der Waals surface area contributed by atoms with Crippen LogP contribution in [0.1, 0.15) is 95.4 Å². The normalized spacial score (nSPS) is 16.2. The Morgan fingerprint density at radius 2 is 1.38 bits per heavy atom. The molecular weight excluding hydrogens is 868 g/mol. The first kappa shape index (κ1) is 53.2. The van der Waals surface area contributed by atoms with E-state index >= 15 is 0 Å². The van der Waals surface area contributed by atoms with Crippen LogP contribution >= 0.6 is 7.60 Å². The molecule has 2 aromatic carbocycles. The molecule has 1 aromatic heterocycles. The molecule has 1 saturated heterocycles. The molecule has 0 bridgehead atoms. The van der Waals surface area contributed by atoms with Gasteiger partial charge in [-0.1, -0.05) is 100 Å². The van der Waals surface area contributed by atoms with Crippen molar-refractivity contribution in [2.75, 3.05) is 19.3 Å². The summed E-state index contributed by atoms with van der Waals surface area (Å²) in [6, 6.07) is 12.3. The smallest absolute Gasteiger partial charge is 0.325 e. The van der Waals surface area contributed by atoms with Crippen molar-refractivity contribution in [1.29, 1.82) is 0 Å². The molecule has 4 rings (SSSR count). The Bertz CT molecular complexity index is 2080. The first-order valence-corrected chi connectivity index (χ1v) is 24.8. The fraction of sp³-hybridized carbons (Fsp3) is 0.553. The van der Waals surface area contributed by atoms with Crippen LogP contribution in [0, 0.1) is 11.8 Å². The highest BCUT2D eigenvalue weighted by molar-refractivity contribution is 7.51. The summed E-state index contributed by atoms with van der Waals surface area (Å²) in [5, 5.41) is 20.8. The summed E-state index contributed by atoms with van der Waals surface area (Å²) >= 11 is 0. The maximum atomic E-state index is 14.3. The Kier molecular flexibility index (Phi) is 21.5. The number of aliphatic hydroxyl groups is 1. The summed E-state index contributed by atoms with van der Waals surface area (Å²) in [5.74, 6) is -5.75. The largest absolute Gasteiger partial charge is 0.394 e. The number of nitrogens with zero attached hydrogens (tertiary/aromatic N) is 3. The van der Waals surface area contributed by atoms with Gasteiger partial charge in [0.1, 0.15) is 30.2 Å². The number of amides is 6. The number of imidazole rings is 1. The molecule has 3 aromatic rings. The molecule has 1 fully saturated rings. The molecular formula is C47H69N8O10P. The monoisotopic (exact) mass is 936 g/mol. The topological polar surface area (TPSA) is 275 Å². The number of benzene rings is 2. The lowest BCUT2D eigenvalue weighted by atomic mass is 9.93. The van der Waals surface area contributed by atoms with Gasteiger partial charge in [-0.3, -0.25) is 33.3 Å². The van der Waals surface area contributed by atoms with Crippen LogP contribution in [0.3, 0.4) is 0 Å². The van der Waals surface area contributed by atoms with Crippen LogP contribution < -0.4 is 27.0 Å². The van der Waals surface area contributed by atoms with Gasteiger partial charge < -0.3 is 51.4 Å². The number of hydrogen-bond acceptors (Lipinski definition) is 9. The van der Waals surface area contributed by atoms with Gasteiger partial charge in [-0.15, -0.1) is 0 Å². The maximum absolute atomic E-state index is 14.3. The maximum Gasteiger partial charge on any atom is 0.325 e. The molecule has 1 aliphatic rings. The Balaban J connectivity index is 1.51.